The minimum Gasteiger partial charge on any atom is -0.258 e. The fourth-order valence-corrected chi connectivity index (χ4v) is 1.31. The van der Waals surface area contributed by atoms with Crippen molar-refractivity contribution in [2.75, 3.05) is 0 Å². The predicted molar refractivity (Wildman–Crippen MR) is 45.5 cm³/mol. The molecule has 0 bridgehead atoms. The molecule has 0 aliphatic heterocycles. The molecule has 1 rings (SSSR count). The molecule has 0 aliphatic carbocycles. The fraction of sp³-hybridized carbons (Fsp3) is 0.143. The molecule has 1 aromatic carbocycles. The highest BCUT2D eigenvalue weighted by Crippen LogP contribution is 2.20. The Kier molecular flexibility index (Phi) is 1.85. The van der Waals surface area contributed by atoms with E-state index in [1.807, 2.05) is 0 Å². The first-order valence-corrected chi connectivity index (χ1v) is 3.73. The molecule has 0 saturated heterocycles. The second-order valence-electron chi connectivity index (χ2n) is 2.15. The summed E-state index contributed by atoms with van der Waals surface area (Å²) in [6.07, 6.45) is 0. The lowest BCUT2D eigenvalue weighted by molar-refractivity contribution is -0.385. The molecule has 0 amide bonds. The number of aryl methyl sites for hydroxylation is 1. The first kappa shape index (κ1) is 6.79. The van der Waals surface area contributed by atoms with E-state index in [4.69, 9.17) is 1.37 Å². The summed E-state index contributed by atoms with van der Waals surface area (Å²) in [6.45, 7) is 1.75. The summed E-state index contributed by atoms with van der Waals surface area (Å²) in [5.74, 6) is 0. The Morgan fingerprint density at radius 2 is 2.36 bits per heavy atom. The third kappa shape index (κ3) is 2.01. The molecule has 0 atom stereocenters. The SMILES string of the molecule is [2H]c1c(Br)cc(C)cc1[N+](=O)[O-]. The lowest BCUT2D eigenvalue weighted by Crippen LogP contribution is -1.87. The number of halogens is 1. The third-order valence-corrected chi connectivity index (χ3v) is 1.59. The van der Waals surface area contributed by atoms with Gasteiger partial charge in [-0.2, -0.15) is 0 Å². The van der Waals surface area contributed by atoms with Crippen LogP contribution in [0.5, 0.6) is 0 Å². The Morgan fingerprint density at radius 1 is 1.73 bits per heavy atom. The number of nitro groups is 1. The van der Waals surface area contributed by atoms with Crippen LogP contribution in [0.25, 0.3) is 0 Å². The first-order chi connectivity index (χ1) is 5.52. The molecule has 1 aromatic rings. The van der Waals surface area contributed by atoms with E-state index in [0.717, 1.165) is 5.56 Å². The van der Waals surface area contributed by atoms with Crippen molar-refractivity contribution in [1.82, 2.24) is 0 Å². The van der Waals surface area contributed by atoms with Gasteiger partial charge in [0, 0.05) is 16.6 Å². The van der Waals surface area contributed by atoms with Crippen LogP contribution >= 0.6 is 15.9 Å². The molecule has 0 radical (unpaired) electrons. The third-order valence-electron chi connectivity index (χ3n) is 1.16. The van der Waals surface area contributed by atoms with Gasteiger partial charge in [0.1, 0.15) is 0 Å². The van der Waals surface area contributed by atoms with Crippen LogP contribution in [0.1, 0.15) is 6.93 Å². The highest BCUT2D eigenvalue weighted by Gasteiger charge is 2.05. The second-order valence-corrected chi connectivity index (χ2v) is 3.00. The minimum atomic E-state index is -0.555. The molecule has 0 aromatic heterocycles. The van der Waals surface area contributed by atoms with Gasteiger partial charge in [-0.25, -0.2) is 0 Å². The summed E-state index contributed by atoms with van der Waals surface area (Å²) >= 11 is 3.07. The van der Waals surface area contributed by atoms with Crippen molar-refractivity contribution in [3.8, 4) is 0 Å². The molecule has 0 heterocycles. The Morgan fingerprint density at radius 3 is 2.91 bits per heavy atom. The molecule has 0 aliphatic rings. The van der Waals surface area contributed by atoms with E-state index in [9.17, 15) is 10.1 Å². The van der Waals surface area contributed by atoms with Crippen LogP contribution in [-0.2, 0) is 0 Å². The number of nitro benzene ring substituents is 1. The first-order valence-electron chi connectivity index (χ1n) is 3.43. The molecular weight excluding hydrogens is 210 g/mol. The molecule has 4 heteroatoms. The Bertz CT molecular complexity index is 340. The standard InChI is InChI=1S/C7H6BrNO2/c1-5-2-6(8)4-7(3-5)9(10)11/h2-4H,1H3/i4D. The van der Waals surface area contributed by atoms with Crippen LogP contribution in [0.2, 0.25) is 0 Å². The van der Waals surface area contributed by atoms with E-state index in [2.05, 4.69) is 15.9 Å². The van der Waals surface area contributed by atoms with E-state index in [-0.39, 0.29) is 11.7 Å². The van der Waals surface area contributed by atoms with Gasteiger partial charge in [0.15, 0.2) is 0 Å². The number of benzene rings is 1. The largest absolute Gasteiger partial charge is 0.270 e. The summed E-state index contributed by atoms with van der Waals surface area (Å²) in [5.41, 5.74) is 0.603. The summed E-state index contributed by atoms with van der Waals surface area (Å²) in [5, 5.41) is 10.4. The second kappa shape index (κ2) is 3.00. The van der Waals surface area contributed by atoms with Crippen LogP contribution in [0.3, 0.4) is 0 Å². The van der Waals surface area contributed by atoms with E-state index in [1.165, 1.54) is 6.07 Å². The average Bonchev–Trinajstić information content (AvgIpc) is 1.96. The van der Waals surface area contributed by atoms with Crippen molar-refractivity contribution in [3.63, 3.8) is 0 Å². The van der Waals surface area contributed by atoms with Gasteiger partial charge in [0.2, 0.25) is 0 Å². The molecule has 3 nitrogen and oxygen atoms in total. The normalized spacial score (nSPS) is 10.9. The van der Waals surface area contributed by atoms with Crippen LogP contribution in [-0.4, -0.2) is 4.92 Å². The zero-order valence-electron chi connectivity index (χ0n) is 6.80. The van der Waals surface area contributed by atoms with Gasteiger partial charge in [-0.15, -0.1) is 0 Å². The quantitative estimate of drug-likeness (QED) is 0.536. The van der Waals surface area contributed by atoms with Gasteiger partial charge in [-0.3, -0.25) is 10.1 Å². The summed E-state index contributed by atoms with van der Waals surface area (Å²) in [6, 6.07) is 2.98. The van der Waals surface area contributed by atoms with Gasteiger partial charge in [0.05, 0.1) is 6.29 Å². The molecule has 0 spiro atoms. The Hall–Kier alpha value is -0.900. The maximum atomic E-state index is 10.4. The highest BCUT2D eigenvalue weighted by atomic mass is 79.9. The van der Waals surface area contributed by atoms with Gasteiger partial charge in [-0.1, -0.05) is 15.9 Å². The summed E-state index contributed by atoms with van der Waals surface area (Å²) in [7, 11) is 0. The predicted octanol–water partition coefficient (Wildman–Crippen LogP) is 2.67. The topological polar surface area (TPSA) is 43.1 Å². The molecule has 58 valence electrons. The monoisotopic (exact) mass is 216 g/mol. The van der Waals surface area contributed by atoms with Crippen molar-refractivity contribution in [1.29, 1.82) is 0 Å². The Balaban J connectivity index is 3.37. The molecule has 0 saturated carbocycles. The van der Waals surface area contributed by atoms with Crippen LogP contribution in [0.4, 0.5) is 5.69 Å². The summed E-state index contributed by atoms with van der Waals surface area (Å²) < 4.78 is 7.79. The van der Waals surface area contributed by atoms with Crippen molar-refractivity contribution >= 4 is 21.6 Å². The van der Waals surface area contributed by atoms with E-state index < -0.39 is 4.92 Å². The van der Waals surface area contributed by atoms with Crippen LogP contribution < -0.4 is 0 Å². The maximum Gasteiger partial charge on any atom is 0.270 e. The number of hydrogen-bond acceptors (Lipinski definition) is 2. The molecule has 0 unspecified atom stereocenters. The zero-order valence-corrected chi connectivity index (χ0v) is 7.38. The molecule has 0 fully saturated rings. The van der Waals surface area contributed by atoms with Gasteiger partial charge < -0.3 is 0 Å². The Labute approximate surface area is 73.7 Å². The lowest BCUT2D eigenvalue weighted by atomic mass is 10.2. The smallest absolute Gasteiger partial charge is 0.258 e. The fourth-order valence-electron chi connectivity index (χ4n) is 0.750. The highest BCUT2D eigenvalue weighted by molar-refractivity contribution is 9.10. The number of hydrogen-bond donors (Lipinski definition) is 0. The van der Waals surface area contributed by atoms with Gasteiger partial charge >= 0.3 is 0 Å². The number of nitrogens with zero attached hydrogens (tertiary/aromatic N) is 1. The van der Waals surface area contributed by atoms with Crippen molar-refractivity contribution < 1.29 is 6.29 Å². The molecule has 11 heavy (non-hydrogen) atoms. The molecule has 0 N–H and O–H groups in total. The van der Waals surface area contributed by atoms with Crippen LogP contribution in [0.15, 0.2) is 22.6 Å². The minimum absolute atomic E-state index is 0.0781. The van der Waals surface area contributed by atoms with Gasteiger partial charge in [0.25, 0.3) is 5.69 Å². The molecular formula is C7H6BrNO2. The van der Waals surface area contributed by atoms with E-state index in [0.29, 0.717) is 4.47 Å². The van der Waals surface area contributed by atoms with Gasteiger partial charge in [-0.05, 0) is 18.6 Å². The van der Waals surface area contributed by atoms with E-state index in [1.54, 1.807) is 13.0 Å². The van der Waals surface area contributed by atoms with Crippen molar-refractivity contribution in [2.45, 2.75) is 6.92 Å². The summed E-state index contributed by atoms with van der Waals surface area (Å²) in [4.78, 5) is 9.84. The van der Waals surface area contributed by atoms with E-state index >= 15 is 0 Å². The van der Waals surface area contributed by atoms with Crippen molar-refractivity contribution in [2.24, 2.45) is 0 Å². The maximum absolute atomic E-state index is 10.4. The van der Waals surface area contributed by atoms with Crippen LogP contribution in [0, 0.1) is 17.0 Å². The average molecular weight is 217 g/mol. The number of rotatable bonds is 1. The zero-order chi connectivity index (χ0) is 9.30. The lowest BCUT2D eigenvalue weighted by Gasteiger charge is -1.94. The van der Waals surface area contributed by atoms with Crippen molar-refractivity contribution in [3.05, 3.63) is 38.3 Å².